The van der Waals surface area contributed by atoms with Crippen LogP contribution in [0.5, 0.6) is 11.5 Å². The second-order valence-corrected chi connectivity index (χ2v) is 13.9. The predicted molar refractivity (Wildman–Crippen MR) is 145 cm³/mol. The average Bonchev–Trinajstić information content (AvgIpc) is 2.85. The Morgan fingerprint density at radius 1 is 0.900 bits per heavy atom. The Morgan fingerprint density at radius 3 is 2.02 bits per heavy atom. The number of primary amides is 1. The topological polar surface area (TPSA) is 127 Å². The molecule has 2 N–H and O–H groups in total. The van der Waals surface area contributed by atoms with E-state index in [2.05, 4.69) is 0 Å². The number of piperazine rings is 1. The van der Waals surface area contributed by atoms with E-state index in [-0.39, 0.29) is 27.9 Å². The van der Waals surface area contributed by atoms with Crippen LogP contribution in [0.25, 0.3) is 0 Å². The summed E-state index contributed by atoms with van der Waals surface area (Å²) in [6.45, 7) is -1.49. The molecule has 9 nitrogen and oxygen atoms in total. The van der Waals surface area contributed by atoms with Crippen molar-refractivity contribution in [2.75, 3.05) is 19.6 Å². The fraction of sp³-hybridized carbons (Fsp3) is 0.208. The smallest absolute Gasteiger partial charge is 0.244 e. The number of carbonyl (C=O) groups excluding carboxylic acids is 1. The minimum Gasteiger partial charge on any atom is -0.451 e. The Kier molecular flexibility index (Phi) is 8.95. The second-order valence-electron chi connectivity index (χ2n) is 8.70. The second kappa shape index (κ2) is 11.8. The number of sulfonamides is 2. The van der Waals surface area contributed by atoms with Gasteiger partial charge in [0.25, 0.3) is 0 Å². The minimum absolute atomic E-state index is 0.0453. The molecule has 1 saturated heterocycles. The van der Waals surface area contributed by atoms with E-state index >= 15 is 0 Å². The van der Waals surface area contributed by atoms with Gasteiger partial charge in [0.15, 0.2) is 17.4 Å². The fourth-order valence-corrected chi connectivity index (χ4v) is 7.85. The molecule has 1 heterocycles. The van der Waals surface area contributed by atoms with Crippen LogP contribution in [0, 0.1) is 11.6 Å². The highest BCUT2D eigenvalue weighted by atomic mass is 35.5. The third-order valence-corrected chi connectivity index (χ3v) is 10.3. The first-order valence-corrected chi connectivity index (χ1v) is 15.5. The molecule has 0 radical (unpaired) electrons. The van der Waals surface area contributed by atoms with Crippen LogP contribution in [0.3, 0.4) is 0 Å². The maximum absolute atomic E-state index is 14.8. The van der Waals surface area contributed by atoms with Gasteiger partial charge in [-0.05, 0) is 60.2 Å². The molecule has 1 amide bonds. The zero-order valence-electron chi connectivity index (χ0n) is 20.2. The normalized spacial score (nSPS) is 17.1. The van der Waals surface area contributed by atoms with Crippen molar-refractivity contribution < 1.29 is 35.1 Å². The van der Waals surface area contributed by atoms with Crippen molar-refractivity contribution in [1.82, 2.24) is 8.61 Å². The van der Waals surface area contributed by atoms with Gasteiger partial charge in [0.05, 0.1) is 10.6 Å². The maximum atomic E-state index is 14.8. The molecule has 0 aromatic heterocycles. The largest absolute Gasteiger partial charge is 0.451 e. The first-order chi connectivity index (χ1) is 18.7. The summed E-state index contributed by atoms with van der Waals surface area (Å²) in [5.41, 5.74) is 5.70. The van der Waals surface area contributed by atoms with Crippen LogP contribution in [0.15, 0.2) is 59.5 Å². The van der Waals surface area contributed by atoms with E-state index in [0.29, 0.717) is 21.5 Å². The highest BCUT2D eigenvalue weighted by Gasteiger charge is 2.42. The predicted octanol–water partition coefficient (Wildman–Crippen LogP) is 4.41. The highest BCUT2D eigenvalue weighted by molar-refractivity contribution is 7.89. The monoisotopic (exact) mass is 653 g/mol. The molecule has 214 valence electrons. The highest BCUT2D eigenvalue weighted by Crippen LogP contribution is 2.33. The maximum Gasteiger partial charge on any atom is 0.244 e. The Morgan fingerprint density at radius 2 is 1.48 bits per heavy atom. The number of amides is 1. The molecule has 4 rings (SSSR count). The first kappa shape index (κ1) is 30.4. The molecule has 1 aliphatic rings. The number of halogens is 5. The molecule has 0 unspecified atom stereocenters. The number of nitrogens with zero attached hydrogens (tertiary/aromatic N) is 2. The molecule has 1 fully saturated rings. The van der Waals surface area contributed by atoms with Crippen LogP contribution >= 0.6 is 34.8 Å². The lowest BCUT2D eigenvalue weighted by atomic mass is 10.2. The van der Waals surface area contributed by atoms with Crippen molar-refractivity contribution in [2.24, 2.45) is 5.73 Å². The lowest BCUT2D eigenvalue weighted by molar-refractivity contribution is -0.122. The summed E-state index contributed by atoms with van der Waals surface area (Å²) >= 11 is 17.7. The van der Waals surface area contributed by atoms with E-state index in [4.69, 9.17) is 45.3 Å². The molecule has 16 heteroatoms. The average molecular weight is 655 g/mol. The van der Waals surface area contributed by atoms with Crippen molar-refractivity contribution in [1.29, 1.82) is 0 Å². The minimum atomic E-state index is -4.71. The van der Waals surface area contributed by atoms with Gasteiger partial charge in [-0.1, -0.05) is 34.8 Å². The van der Waals surface area contributed by atoms with Crippen molar-refractivity contribution >= 4 is 60.8 Å². The number of rotatable bonds is 8. The number of hydrogen-bond acceptors (Lipinski definition) is 6. The summed E-state index contributed by atoms with van der Waals surface area (Å²) in [5.74, 6) is -5.15. The lowest BCUT2D eigenvalue weighted by Crippen LogP contribution is -2.60. The van der Waals surface area contributed by atoms with Crippen molar-refractivity contribution in [3.63, 3.8) is 0 Å². The molecule has 1 atom stereocenters. The van der Waals surface area contributed by atoms with E-state index in [1.54, 1.807) is 0 Å². The molecule has 1 aliphatic heterocycles. The van der Waals surface area contributed by atoms with Crippen molar-refractivity contribution in [3.8, 4) is 11.5 Å². The SMILES string of the molecule is NC(=O)[C@H]1CN(S(=O)(=O)Cc2cc(Cl)cc(Cl)c2)CCN1S(=O)(=O)c1cc(F)c(Oc2ccc(Cl)cc2)c(F)c1. The van der Waals surface area contributed by atoms with Crippen molar-refractivity contribution in [2.45, 2.75) is 16.7 Å². The molecule has 3 aromatic carbocycles. The molecule has 0 aliphatic carbocycles. The molecule has 0 saturated carbocycles. The molecular weight excluding hydrogens is 635 g/mol. The van der Waals surface area contributed by atoms with Gasteiger partial charge in [0.1, 0.15) is 11.8 Å². The van der Waals surface area contributed by atoms with Gasteiger partial charge in [-0.2, -0.15) is 8.61 Å². The Bertz CT molecular complexity index is 1630. The zero-order chi connectivity index (χ0) is 29.4. The van der Waals surface area contributed by atoms with Gasteiger partial charge in [-0.25, -0.2) is 25.6 Å². The number of ether oxygens (including phenoxy) is 1. The standard InChI is InChI=1S/C24H20Cl3F2N3O6S2/c25-15-1-3-18(4-2-15)38-23-20(28)10-19(11-21(23)29)40(36,37)32-6-5-31(12-22(32)24(30)33)39(34,35)13-14-7-16(26)9-17(27)8-14/h1-4,7-11,22H,5-6,12-13H2,(H2,30,33)/t22-/m1/s1. The molecule has 0 bridgehead atoms. The summed E-state index contributed by atoms with van der Waals surface area (Å²) in [6.07, 6.45) is 0. The molecule has 3 aromatic rings. The summed E-state index contributed by atoms with van der Waals surface area (Å²) in [6, 6.07) is 9.22. The quantitative estimate of drug-likeness (QED) is 0.384. The van der Waals surface area contributed by atoms with Crippen LogP contribution in [0.2, 0.25) is 15.1 Å². The van der Waals surface area contributed by atoms with Gasteiger partial charge >= 0.3 is 0 Å². The number of nitrogens with two attached hydrogens (primary N) is 1. The van der Waals surface area contributed by atoms with E-state index in [9.17, 15) is 30.4 Å². The molecule has 0 spiro atoms. The molecule has 40 heavy (non-hydrogen) atoms. The van der Waals surface area contributed by atoms with Gasteiger partial charge in [0, 0.05) is 34.7 Å². The van der Waals surface area contributed by atoms with Gasteiger partial charge in [-0.15, -0.1) is 0 Å². The Labute approximate surface area is 244 Å². The van der Waals surface area contributed by atoms with Gasteiger partial charge in [0.2, 0.25) is 26.0 Å². The Balaban J connectivity index is 1.58. The summed E-state index contributed by atoms with van der Waals surface area (Å²) in [5, 5.41) is 0.792. The van der Waals surface area contributed by atoms with Crippen LogP contribution in [-0.4, -0.2) is 57.0 Å². The summed E-state index contributed by atoms with van der Waals surface area (Å²) in [4.78, 5) is 11.4. The van der Waals surface area contributed by atoms with Crippen LogP contribution in [0.1, 0.15) is 5.56 Å². The van der Waals surface area contributed by atoms with E-state index in [1.165, 1.54) is 42.5 Å². The third-order valence-electron chi connectivity index (χ3n) is 5.90. The van der Waals surface area contributed by atoms with Crippen LogP contribution < -0.4 is 10.5 Å². The van der Waals surface area contributed by atoms with E-state index in [0.717, 1.165) is 4.31 Å². The number of hydrogen-bond donors (Lipinski definition) is 1. The van der Waals surface area contributed by atoms with E-state index in [1.807, 2.05) is 0 Å². The summed E-state index contributed by atoms with van der Waals surface area (Å²) < 4.78 is 89.3. The van der Waals surface area contributed by atoms with Gasteiger partial charge < -0.3 is 10.5 Å². The lowest BCUT2D eigenvalue weighted by Gasteiger charge is -2.38. The van der Waals surface area contributed by atoms with Crippen LogP contribution in [0.4, 0.5) is 8.78 Å². The number of carbonyl (C=O) groups is 1. The Hall–Kier alpha value is -2.52. The number of benzene rings is 3. The first-order valence-electron chi connectivity index (χ1n) is 11.3. The third kappa shape index (κ3) is 6.68. The fourth-order valence-electron chi connectivity index (χ4n) is 4.05. The van der Waals surface area contributed by atoms with Crippen molar-refractivity contribution in [3.05, 3.63) is 86.9 Å². The summed E-state index contributed by atoms with van der Waals surface area (Å²) in [7, 11) is -8.79. The van der Waals surface area contributed by atoms with Gasteiger partial charge in [-0.3, -0.25) is 4.79 Å². The zero-order valence-corrected chi connectivity index (χ0v) is 24.1. The van der Waals surface area contributed by atoms with Crippen LogP contribution in [-0.2, 0) is 30.6 Å². The van der Waals surface area contributed by atoms with E-state index < -0.39 is 73.1 Å². The molecular formula is C24H20Cl3F2N3O6S2.